The Bertz CT molecular complexity index is 593. The Balaban J connectivity index is 3.10. The van der Waals surface area contributed by atoms with Crippen molar-refractivity contribution in [2.45, 2.75) is 40.4 Å². The molecule has 0 N–H and O–H groups in total. The third-order valence-electron chi connectivity index (χ3n) is 2.71. The van der Waals surface area contributed by atoms with E-state index in [1.165, 1.54) is 13.0 Å². The van der Waals surface area contributed by atoms with Crippen molar-refractivity contribution in [2.24, 2.45) is 0 Å². The molecule has 0 spiro atoms. The Morgan fingerprint density at radius 2 is 1.92 bits per heavy atom. The summed E-state index contributed by atoms with van der Waals surface area (Å²) in [4.78, 5) is 33.8. The van der Waals surface area contributed by atoms with E-state index in [0.717, 1.165) is 0 Å². The molecule has 0 aromatic heterocycles. The molecule has 0 amide bonds. The number of ether oxygens (including phenoxy) is 4. The molecule has 1 aromatic rings. The van der Waals surface area contributed by atoms with Gasteiger partial charge in [-0.1, -0.05) is 0 Å². The van der Waals surface area contributed by atoms with Crippen LogP contribution in [0.2, 0.25) is 0 Å². The molecule has 0 aliphatic heterocycles. The monoisotopic (exact) mass is 338 g/mol. The van der Waals surface area contributed by atoms with Gasteiger partial charge < -0.3 is 18.9 Å². The molecule has 0 radical (unpaired) electrons. The minimum atomic E-state index is -0.547. The average molecular weight is 338 g/mol. The first-order valence-electron chi connectivity index (χ1n) is 7.57. The summed E-state index contributed by atoms with van der Waals surface area (Å²) in [6, 6.07) is 3.13. The molecular formula is C17H22O7. The highest BCUT2D eigenvalue weighted by Crippen LogP contribution is 2.33. The van der Waals surface area contributed by atoms with E-state index in [0.29, 0.717) is 17.6 Å². The summed E-state index contributed by atoms with van der Waals surface area (Å²) in [5.41, 5.74) is 0.769. The van der Waals surface area contributed by atoms with Crippen LogP contribution in [-0.2, 0) is 25.7 Å². The van der Waals surface area contributed by atoms with Gasteiger partial charge in [0, 0.05) is 6.92 Å². The third kappa shape index (κ3) is 6.28. The van der Waals surface area contributed by atoms with E-state index < -0.39 is 11.9 Å². The average Bonchev–Trinajstić information content (AvgIpc) is 2.51. The van der Waals surface area contributed by atoms with Crippen molar-refractivity contribution in [3.05, 3.63) is 23.3 Å². The van der Waals surface area contributed by atoms with Gasteiger partial charge in [0.2, 0.25) is 0 Å². The number of carbonyl (C=O) groups excluding carboxylic acids is 3. The van der Waals surface area contributed by atoms with Gasteiger partial charge in [-0.3, -0.25) is 9.59 Å². The fourth-order valence-electron chi connectivity index (χ4n) is 1.87. The maximum absolute atomic E-state index is 11.5. The minimum absolute atomic E-state index is 0.00276. The van der Waals surface area contributed by atoms with Crippen LogP contribution in [0, 0.1) is 0 Å². The maximum Gasteiger partial charge on any atom is 0.344 e. The molecule has 0 aliphatic carbocycles. The standard InChI is InChI=1S/C17H22O7/c1-5-21-16(20)10-23-17-14(8-18)6-13(9-22-12(4)19)7-15(17)24-11(2)3/h6-8,11H,5,9-10H2,1-4H3. The predicted molar refractivity (Wildman–Crippen MR) is 85.2 cm³/mol. The smallest absolute Gasteiger partial charge is 0.344 e. The number of benzene rings is 1. The molecule has 1 rings (SSSR count). The zero-order valence-electron chi connectivity index (χ0n) is 14.3. The van der Waals surface area contributed by atoms with E-state index in [-0.39, 0.29) is 37.2 Å². The van der Waals surface area contributed by atoms with E-state index in [1.54, 1.807) is 13.0 Å². The quantitative estimate of drug-likeness (QED) is 0.504. The SMILES string of the molecule is CCOC(=O)COc1c(C=O)cc(COC(C)=O)cc1OC(C)C. The van der Waals surface area contributed by atoms with Gasteiger partial charge in [-0.05, 0) is 38.5 Å². The van der Waals surface area contributed by atoms with Crippen LogP contribution in [0.3, 0.4) is 0 Å². The summed E-state index contributed by atoms with van der Waals surface area (Å²) < 4.78 is 20.8. The van der Waals surface area contributed by atoms with Crippen molar-refractivity contribution in [2.75, 3.05) is 13.2 Å². The van der Waals surface area contributed by atoms with E-state index in [4.69, 9.17) is 18.9 Å². The van der Waals surface area contributed by atoms with E-state index in [1.807, 2.05) is 13.8 Å². The molecule has 0 fully saturated rings. The van der Waals surface area contributed by atoms with Crippen LogP contribution < -0.4 is 9.47 Å². The van der Waals surface area contributed by atoms with Crippen LogP contribution in [-0.4, -0.2) is 37.5 Å². The molecule has 7 heteroatoms. The summed E-state index contributed by atoms with van der Waals surface area (Å²) in [6.07, 6.45) is 0.406. The van der Waals surface area contributed by atoms with Gasteiger partial charge in [-0.25, -0.2) is 4.79 Å². The van der Waals surface area contributed by atoms with Crippen LogP contribution in [0.15, 0.2) is 12.1 Å². The highest BCUT2D eigenvalue weighted by atomic mass is 16.6. The largest absolute Gasteiger partial charge is 0.487 e. The second-order valence-corrected chi connectivity index (χ2v) is 5.17. The summed E-state index contributed by atoms with van der Waals surface area (Å²) in [5.74, 6) is -0.537. The van der Waals surface area contributed by atoms with Crippen molar-refractivity contribution in [1.82, 2.24) is 0 Å². The Morgan fingerprint density at radius 3 is 2.46 bits per heavy atom. The number of esters is 2. The van der Waals surface area contributed by atoms with E-state index in [2.05, 4.69) is 0 Å². The van der Waals surface area contributed by atoms with Gasteiger partial charge >= 0.3 is 11.9 Å². The summed E-state index contributed by atoms with van der Waals surface area (Å²) >= 11 is 0. The molecule has 24 heavy (non-hydrogen) atoms. The van der Waals surface area contributed by atoms with Crippen LogP contribution in [0.25, 0.3) is 0 Å². The van der Waals surface area contributed by atoms with E-state index in [9.17, 15) is 14.4 Å². The number of rotatable bonds is 9. The molecule has 0 bridgehead atoms. The molecule has 0 saturated carbocycles. The zero-order chi connectivity index (χ0) is 18.1. The van der Waals surface area contributed by atoms with Gasteiger partial charge in [0.25, 0.3) is 0 Å². The highest BCUT2D eigenvalue weighted by Gasteiger charge is 2.17. The molecule has 0 unspecified atom stereocenters. The molecule has 0 atom stereocenters. The Labute approximate surface area is 140 Å². The van der Waals surface area contributed by atoms with Crippen molar-refractivity contribution < 1.29 is 33.3 Å². The Hall–Kier alpha value is -2.57. The van der Waals surface area contributed by atoms with Crippen LogP contribution in [0.1, 0.15) is 43.6 Å². The fraction of sp³-hybridized carbons (Fsp3) is 0.471. The first-order valence-corrected chi connectivity index (χ1v) is 7.57. The topological polar surface area (TPSA) is 88.1 Å². The molecular weight excluding hydrogens is 316 g/mol. The minimum Gasteiger partial charge on any atom is -0.487 e. The summed E-state index contributed by atoms with van der Waals surface area (Å²) in [6.45, 7) is 6.51. The maximum atomic E-state index is 11.5. The highest BCUT2D eigenvalue weighted by molar-refractivity contribution is 5.82. The van der Waals surface area contributed by atoms with Gasteiger partial charge in [0.15, 0.2) is 24.4 Å². The van der Waals surface area contributed by atoms with Crippen molar-refractivity contribution in [3.8, 4) is 11.5 Å². The van der Waals surface area contributed by atoms with Crippen LogP contribution in [0.5, 0.6) is 11.5 Å². The Kier molecular flexibility index (Phi) is 7.74. The molecule has 0 saturated heterocycles. The predicted octanol–water partition coefficient (Wildman–Crippen LogP) is 2.29. The van der Waals surface area contributed by atoms with Gasteiger partial charge in [0.1, 0.15) is 6.61 Å². The third-order valence-corrected chi connectivity index (χ3v) is 2.71. The molecule has 7 nitrogen and oxygen atoms in total. The lowest BCUT2D eigenvalue weighted by molar-refractivity contribution is -0.145. The van der Waals surface area contributed by atoms with Gasteiger partial charge in [-0.15, -0.1) is 0 Å². The lowest BCUT2D eigenvalue weighted by Crippen LogP contribution is -2.17. The van der Waals surface area contributed by atoms with Crippen molar-refractivity contribution in [1.29, 1.82) is 0 Å². The van der Waals surface area contributed by atoms with Crippen molar-refractivity contribution in [3.63, 3.8) is 0 Å². The number of hydrogen-bond donors (Lipinski definition) is 0. The number of hydrogen-bond acceptors (Lipinski definition) is 7. The Morgan fingerprint density at radius 1 is 1.21 bits per heavy atom. The number of carbonyl (C=O) groups is 3. The summed E-state index contributed by atoms with van der Waals surface area (Å²) in [7, 11) is 0. The lowest BCUT2D eigenvalue weighted by atomic mass is 10.1. The van der Waals surface area contributed by atoms with Gasteiger partial charge in [-0.2, -0.15) is 0 Å². The number of aldehydes is 1. The molecule has 0 heterocycles. The second-order valence-electron chi connectivity index (χ2n) is 5.17. The molecule has 132 valence electrons. The van der Waals surface area contributed by atoms with Crippen LogP contribution >= 0.6 is 0 Å². The van der Waals surface area contributed by atoms with Crippen LogP contribution in [0.4, 0.5) is 0 Å². The van der Waals surface area contributed by atoms with Gasteiger partial charge in [0.05, 0.1) is 18.3 Å². The fourth-order valence-corrected chi connectivity index (χ4v) is 1.87. The molecule has 0 aliphatic rings. The zero-order valence-corrected chi connectivity index (χ0v) is 14.3. The van der Waals surface area contributed by atoms with E-state index >= 15 is 0 Å². The first-order chi connectivity index (χ1) is 11.4. The summed E-state index contributed by atoms with van der Waals surface area (Å²) in [5, 5.41) is 0. The lowest BCUT2D eigenvalue weighted by Gasteiger charge is -2.17. The first kappa shape index (κ1) is 19.5. The normalized spacial score (nSPS) is 10.2. The molecule has 1 aromatic carbocycles. The van der Waals surface area contributed by atoms with Crippen molar-refractivity contribution >= 4 is 18.2 Å². The second kappa shape index (κ2) is 9.54.